The van der Waals surface area contributed by atoms with Gasteiger partial charge in [0.25, 0.3) is 0 Å². The fraction of sp³-hybridized carbons (Fsp3) is 0.212. The summed E-state index contributed by atoms with van der Waals surface area (Å²) in [6, 6.07) is 24.4. The fourth-order valence-electron chi connectivity index (χ4n) is 5.41. The van der Waals surface area contributed by atoms with Crippen LogP contribution >= 0.6 is 0 Å². The van der Waals surface area contributed by atoms with Crippen molar-refractivity contribution in [2.24, 2.45) is 0 Å². The zero-order valence-electron chi connectivity index (χ0n) is 22.4. The molecular weight excluding hydrogens is 470 g/mol. The topological polar surface area (TPSA) is 60.2 Å². The third-order valence-corrected chi connectivity index (χ3v) is 7.30. The van der Waals surface area contributed by atoms with Gasteiger partial charge in [-0.2, -0.15) is 0 Å². The first-order valence-corrected chi connectivity index (χ1v) is 13.1. The maximum atomic E-state index is 11.1. The number of aryl methyl sites for hydroxylation is 1. The number of ether oxygens (including phenoxy) is 1. The maximum Gasteiger partial charge on any atom is 0.219 e. The van der Waals surface area contributed by atoms with E-state index in [1.54, 1.807) is 0 Å². The molecule has 0 aliphatic rings. The van der Waals surface area contributed by atoms with Crippen molar-refractivity contribution in [3.63, 3.8) is 0 Å². The first kappa shape index (κ1) is 24.0. The molecule has 0 spiro atoms. The second kappa shape index (κ2) is 9.18. The van der Waals surface area contributed by atoms with Gasteiger partial charge >= 0.3 is 0 Å². The number of aromatic hydroxyl groups is 1. The van der Waals surface area contributed by atoms with Crippen LogP contribution in [-0.4, -0.2) is 19.6 Å². The minimum atomic E-state index is 0.183. The van der Waals surface area contributed by atoms with Crippen molar-refractivity contribution in [2.75, 3.05) is 0 Å². The normalized spacial score (nSPS) is 11.9. The molecule has 190 valence electrons. The molecular formula is C33H31N3O2. The van der Waals surface area contributed by atoms with Crippen LogP contribution in [0, 0.1) is 6.92 Å². The molecule has 0 amide bonds. The lowest BCUT2D eigenvalue weighted by Crippen LogP contribution is -1.99. The van der Waals surface area contributed by atoms with Gasteiger partial charge in [-0.05, 0) is 65.8 Å². The molecule has 0 atom stereocenters. The van der Waals surface area contributed by atoms with E-state index in [1.165, 1.54) is 16.5 Å². The fourth-order valence-corrected chi connectivity index (χ4v) is 5.41. The van der Waals surface area contributed by atoms with E-state index < -0.39 is 0 Å². The van der Waals surface area contributed by atoms with Gasteiger partial charge in [-0.1, -0.05) is 58.0 Å². The van der Waals surface area contributed by atoms with Crippen molar-refractivity contribution in [3.05, 3.63) is 95.7 Å². The molecule has 0 aliphatic heterocycles. The zero-order chi connectivity index (χ0) is 26.6. The van der Waals surface area contributed by atoms with Crippen LogP contribution < -0.4 is 4.74 Å². The summed E-state index contributed by atoms with van der Waals surface area (Å²) in [5.41, 5.74) is 5.99. The third kappa shape index (κ3) is 3.86. The third-order valence-electron chi connectivity index (χ3n) is 7.30. The maximum absolute atomic E-state index is 11.1. The van der Waals surface area contributed by atoms with Gasteiger partial charge in [0.2, 0.25) is 5.88 Å². The summed E-state index contributed by atoms with van der Waals surface area (Å²) < 4.78 is 8.50. The van der Waals surface area contributed by atoms with Gasteiger partial charge in [0.15, 0.2) is 0 Å². The smallest absolute Gasteiger partial charge is 0.219 e. The Hall–Kier alpha value is -4.38. The molecule has 5 nitrogen and oxygen atoms in total. The number of hydrogen-bond donors (Lipinski definition) is 1. The molecule has 0 fully saturated rings. The molecule has 0 unspecified atom stereocenters. The van der Waals surface area contributed by atoms with Gasteiger partial charge in [-0.15, -0.1) is 0 Å². The molecule has 3 aromatic heterocycles. The van der Waals surface area contributed by atoms with Crippen LogP contribution in [0.25, 0.3) is 38.5 Å². The van der Waals surface area contributed by atoms with Gasteiger partial charge in [0.05, 0.1) is 11.0 Å². The van der Waals surface area contributed by atoms with E-state index in [0.29, 0.717) is 23.1 Å². The van der Waals surface area contributed by atoms with Gasteiger partial charge in [-0.3, -0.25) is 4.57 Å². The van der Waals surface area contributed by atoms with Gasteiger partial charge in [0, 0.05) is 34.5 Å². The highest BCUT2D eigenvalue weighted by Crippen LogP contribution is 2.40. The Morgan fingerprint density at radius 1 is 0.789 bits per heavy atom. The second-order valence-corrected chi connectivity index (χ2v) is 10.5. The van der Waals surface area contributed by atoms with Crippen molar-refractivity contribution in [2.45, 2.75) is 46.5 Å². The Kier molecular flexibility index (Phi) is 5.79. The Bertz CT molecular complexity index is 1820. The van der Waals surface area contributed by atoms with Crippen molar-refractivity contribution < 1.29 is 9.84 Å². The SMILES string of the molecule is Cc1cccc2c3ccc(Oc4ccc5c(C(C)C)cc(C(C)C)c(O)c5n4)cc3n(-c3ccccn3)c12. The van der Waals surface area contributed by atoms with Gasteiger partial charge < -0.3 is 9.84 Å². The number of phenols is 1. The van der Waals surface area contributed by atoms with E-state index in [0.717, 1.165) is 33.2 Å². The largest absolute Gasteiger partial charge is 0.505 e. The van der Waals surface area contributed by atoms with Crippen molar-refractivity contribution >= 4 is 32.7 Å². The van der Waals surface area contributed by atoms with E-state index in [4.69, 9.17) is 9.72 Å². The average molecular weight is 502 g/mol. The van der Waals surface area contributed by atoms with Crippen LogP contribution in [0.15, 0.2) is 79.0 Å². The molecule has 5 heteroatoms. The first-order chi connectivity index (χ1) is 18.3. The van der Waals surface area contributed by atoms with Gasteiger partial charge in [0.1, 0.15) is 22.8 Å². The Labute approximate surface area is 222 Å². The molecule has 3 heterocycles. The van der Waals surface area contributed by atoms with E-state index >= 15 is 0 Å². The van der Waals surface area contributed by atoms with Crippen LogP contribution in [-0.2, 0) is 0 Å². The molecule has 0 saturated heterocycles. The van der Waals surface area contributed by atoms with Crippen LogP contribution in [0.1, 0.15) is 56.2 Å². The summed E-state index contributed by atoms with van der Waals surface area (Å²) in [7, 11) is 0. The Balaban J connectivity index is 1.51. The summed E-state index contributed by atoms with van der Waals surface area (Å²) in [5.74, 6) is 2.69. The summed E-state index contributed by atoms with van der Waals surface area (Å²) in [6.45, 7) is 10.6. The first-order valence-electron chi connectivity index (χ1n) is 13.1. The van der Waals surface area contributed by atoms with Crippen LogP contribution in [0.4, 0.5) is 0 Å². The molecule has 0 saturated carbocycles. The molecule has 1 N–H and O–H groups in total. The number of para-hydroxylation sites is 1. The molecule has 0 aliphatic carbocycles. The second-order valence-electron chi connectivity index (χ2n) is 10.5. The van der Waals surface area contributed by atoms with Crippen LogP contribution in [0.2, 0.25) is 0 Å². The number of rotatable bonds is 5. The van der Waals surface area contributed by atoms with Crippen molar-refractivity contribution in [3.8, 4) is 23.2 Å². The lowest BCUT2D eigenvalue weighted by Gasteiger charge is -2.17. The van der Waals surface area contributed by atoms with E-state index in [2.05, 4.69) is 74.5 Å². The predicted molar refractivity (Wildman–Crippen MR) is 155 cm³/mol. The number of benzene rings is 3. The lowest BCUT2D eigenvalue weighted by molar-refractivity contribution is 0.457. The van der Waals surface area contributed by atoms with Crippen molar-refractivity contribution in [1.29, 1.82) is 0 Å². The Morgan fingerprint density at radius 3 is 2.32 bits per heavy atom. The molecule has 0 radical (unpaired) electrons. The quantitative estimate of drug-likeness (QED) is 0.256. The van der Waals surface area contributed by atoms with E-state index in [9.17, 15) is 5.11 Å². The standard InChI is InChI=1S/C33H31N3O2/c1-19(2)26-18-27(20(3)4)33(37)31-24(26)14-15-30(35-31)38-22-12-13-23-25-10-8-9-21(5)32(25)36(28(23)17-22)29-11-6-7-16-34-29/h6-20,37H,1-5H3. The summed E-state index contributed by atoms with van der Waals surface area (Å²) in [5, 5.41) is 14.4. The minimum Gasteiger partial charge on any atom is -0.505 e. The average Bonchev–Trinajstić information content (AvgIpc) is 3.24. The lowest BCUT2D eigenvalue weighted by atomic mass is 9.91. The minimum absolute atomic E-state index is 0.183. The highest BCUT2D eigenvalue weighted by molar-refractivity contribution is 6.10. The highest BCUT2D eigenvalue weighted by Gasteiger charge is 2.19. The number of fused-ring (bicyclic) bond motifs is 4. The summed E-state index contributed by atoms with van der Waals surface area (Å²) >= 11 is 0. The van der Waals surface area contributed by atoms with Crippen LogP contribution in [0.5, 0.6) is 17.4 Å². The van der Waals surface area contributed by atoms with E-state index in [1.807, 2.05) is 48.7 Å². The zero-order valence-corrected chi connectivity index (χ0v) is 22.4. The number of nitrogens with zero attached hydrogens (tertiary/aromatic N) is 3. The molecule has 6 aromatic rings. The number of hydrogen-bond acceptors (Lipinski definition) is 4. The summed E-state index contributed by atoms with van der Waals surface area (Å²) in [6.07, 6.45) is 1.81. The molecule has 0 bridgehead atoms. The van der Waals surface area contributed by atoms with Gasteiger partial charge in [-0.25, -0.2) is 9.97 Å². The number of aromatic nitrogens is 3. The van der Waals surface area contributed by atoms with E-state index in [-0.39, 0.29) is 11.7 Å². The number of pyridine rings is 2. The highest BCUT2D eigenvalue weighted by atomic mass is 16.5. The predicted octanol–water partition coefficient (Wildman–Crippen LogP) is 8.78. The van der Waals surface area contributed by atoms with Crippen LogP contribution in [0.3, 0.4) is 0 Å². The van der Waals surface area contributed by atoms with Crippen molar-refractivity contribution in [1.82, 2.24) is 14.5 Å². The Morgan fingerprint density at radius 2 is 1.58 bits per heavy atom. The molecule has 38 heavy (non-hydrogen) atoms. The number of phenolic OH excluding ortho intramolecular Hbond substituents is 1. The molecule has 3 aromatic carbocycles. The molecule has 6 rings (SSSR count). The monoisotopic (exact) mass is 501 g/mol. The summed E-state index contributed by atoms with van der Waals surface area (Å²) in [4.78, 5) is 9.43.